The highest BCUT2D eigenvalue weighted by molar-refractivity contribution is 7.14. The number of aromatic nitrogens is 1. The third-order valence-electron chi connectivity index (χ3n) is 4.66. The number of nitrogens with zero attached hydrogens (tertiary/aromatic N) is 2. The zero-order chi connectivity index (χ0) is 18.6. The third kappa shape index (κ3) is 3.80. The number of carbonyl (C=O) groups excluding carboxylic acids is 1. The lowest BCUT2D eigenvalue weighted by molar-refractivity contribution is 0.102. The SMILES string of the molecule is COc1ccccc1C(=O)Nc1ccc(-c2csc(N3CCCC3)n2)cc1. The molecule has 1 aliphatic rings. The summed E-state index contributed by atoms with van der Waals surface area (Å²) in [5, 5.41) is 6.10. The smallest absolute Gasteiger partial charge is 0.259 e. The van der Waals surface area contributed by atoms with E-state index in [1.165, 1.54) is 12.8 Å². The van der Waals surface area contributed by atoms with Crippen LogP contribution in [0.2, 0.25) is 0 Å². The minimum atomic E-state index is -0.190. The van der Waals surface area contributed by atoms with Gasteiger partial charge in [0.1, 0.15) is 5.75 Å². The van der Waals surface area contributed by atoms with E-state index in [1.807, 2.05) is 36.4 Å². The van der Waals surface area contributed by atoms with Crippen molar-refractivity contribution >= 4 is 28.1 Å². The molecule has 0 spiro atoms. The van der Waals surface area contributed by atoms with Gasteiger partial charge in [-0.25, -0.2) is 4.98 Å². The molecule has 1 N–H and O–H groups in total. The Bertz CT molecular complexity index is 931. The fourth-order valence-corrected chi connectivity index (χ4v) is 4.09. The topological polar surface area (TPSA) is 54.5 Å². The van der Waals surface area contributed by atoms with Crippen molar-refractivity contribution in [1.82, 2.24) is 4.98 Å². The first-order valence-corrected chi connectivity index (χ1v) is 9.88. The summed E-state index contributed by atoms with van der Waals surface area (Å²) in [6.07, 6.45) is 2.49. The van der Waals surface area contributed by atoms with E-state index < -0.39 is 0 Å². The van der Waals surface area contributed by atoms with Crippen LogP contribution in [0.25, 0.3) is 11.3 Å². The first-order valence-electron chi connectivity index (χ1n) is 9.00. The number of rotatable bonds is 5. The van der Waals surface area contributed by atoms with Crippen molar-refractivity contribution in [2.75, 3.05) is 30.4 Å². The second kappa shape index (κ2) is 7.80. The summed E-state index contributed by atoms with van der Waals surface area (Å²) in [7, 11) is 1.56. The molecule has 3 aromatic rings. The number of benzene rings is 2. The highest BCUT2D eigenvalue weighted by atomic mass is 32.1. The van der Waals surface area contributed by atoms with Crippen LogP contribution >= 0.6 is 11.3 Å². The van der Waals surface area contributed by atoms with Crippen molar-refractivity contribution in [3.8, 4) is 17.0 Å². The number of thiazole rings is 1. The standard InChI is InChI=1S/C21H21N3O2S/c1-26-19-7-3-2-6-17(19)20(25)22-16-10-8-15(9-11-16)18-14-27-21(23-18)24-12-4-5-13-24/h2-3,6-11,14H,4-5,12-13H2,1H3,(H,22,25). The van der Waals surface area contributed by atoms with Gasteiger partial charge in [0.15, 0.2) is 5.13 Å². The van der Waals surface area contributed by atoms with Gasteiger partial charge < -0.3 is 15.0 Å². The molecule has 1 amide bonds. The molecule has 0 unspecified atom stereocenters. The molecular formula is C21H21N3O2S. The average Bonchev–Trinajstić information content (AvgIpc) is 3.40. The minimum absolute atomic E-state index is 0.190. The van der Waals surface area contributed by atoms with Gasteiger partial charge in [-0.3, -0.25) is 4.79 Å². The highest BCUT2D eigenvalue weighted by Crippen LogP contribution is 2.30. The molecule has 5 nitrogen and oxygen atoms in total. The molecule has 1 aliphatic heterocycles. The molecule has 1 aromatic heterocycles. The van der Waals surface area contributed by atoms with Crippen molar-refractivity contribution in [2.24, 2.45) is 0 Å². The second-order valence-electron chi connectivity index (χ2n) is 6.44. The zero-order valence-electron chi connectivity index (χ0n) is 15.1. The van der Waals surface area contributed by atoms with Crippen LogP contribution in [0.4, 0.5) is 10.8 Å². The summed E-state index contributed by atoms with van der Waals surface area (Å²) in [4.78, 5) is 19.6. The van der Waals surface area contributed by atoms with Crippen molar-refractivity contribution in [3.63, 3.8) is 0 Å². The Balaban J connectivity index is 1.47. The number of anilines is 2. The normalized spacial score (nSPS) is 13.6. The third-order valence-corrected chi connectivity index (χ3v) is 5.56. The van der Waals surface area contributed by atoms with E-state index in [-0.39, 0.29) is 5.91 Å². The Hall–Kier alpha value is -2.86. The number of methoxy groups -OCH3 is 1. The highest BCUT2D eigenvalue weighted by Gasteiger charge is 2.16. The van der Waals surface area contributed by atoms with Gasteiger partial charge in [-0.1, -0.05) is 24.3 Å². The van der Waals surface area contributed by atoms with Crippen LogP contribution in [0, 0.1) is 0 Å². The maximum atomic E-state index is 12.5. The van der Waals surface area contributed by atoms with Gasteiger partial charge in [0.05, 0.1) is 18.4 Å². The quantitative estimate of drug-likeness (QED) is 0.700. The number of amides is 1. The lowest BCUT2D eigenvalue weighted by Gasteiger charge is -2.12. The van der Waals surface area contributed by atoms with E-state index >= 15 is 0 Å². The molecule has 138 valence electrons. The number of carbonyl (C=O) groups is 1. The van der Waals surface area contributed by atoms with Crippen LogP contribution < -0.4 is 15.0 Å². The second-order valence-corrected chi connectivity index (χ2v) is 7.28. The molecule has 0 radical (unpaired) electrons. The molecule has 4 rings (SSSR count). The maximum Gasteiger partial charge on any atom is 0.259 e. The van der Waals surface area contributed by atoms with Gasteiger partial charge >= 0.3 is 0 Å². The van der Waals surface area contributed by atoms with Gasteiger partial charge in [0.2, 0.25) is 0 Å². The van der Waals surface area contributed by atoms with Crippen molar-refractivity contribution in [2.45, 2.75) is 12.8 Å². The number of nitrogens with one attached hydrogen (secondary N) is 1. The Morgan fingerprint density at radius 1 is 1.11 bits per heavy atom. The van der Waals surface area contributed by atoms with Crippen molar-refractivity contribution in [1.29, 1.82) is 0 Å². The first kappa shape index (κ1) is 17.5. The Labute approximate surface area is 162 Å². The van der Waals surface area contributed by atoms with Crippen molar-refractivity contribution in [3.05, 3.63) is 59.5 Å². The fourth-order valence-electron chi connectivity index (χ4n) is 3.21. The number of ether oxygens (including phenoxy) is 1. The number of hydrogen-bond donors (Lipinski definition) is 1. The van der Waals surface area contributed by atoms with Gasteiger partial charge in [0, 0.05) is 29.7 Å². The summed E-state index contributed by atoms with van der Waals surface area (Å²) in [5.41, 5.74) is 3.28. The predicted molar refractivity (Wildman–Crippen MR) is 110 cm³/mol. The van der Waals surface area contributed by atoms with Gasteiger partial charge in [-0.15, -0.1) is 11.3 Å². The van der Waals surface area contributed by atoms with Crippen LogP contribution in [0.3, 0.4) is 0 Å². The van der Waals surface area contributed by atoms with E-state index in [9.17, 15) is 4.79 Å². The van der Waals surface area contributed by atoms with E-state index in [2.05, 4.69) is 15.6 Å². The summed E-state index contributed by atoms with van der Waals surface area (Å²) >= 11 is 1.69. The molecule has 0 atom stereocenters. The molecule has 2 heterocycles. The van der Waals surface area contributed by atoms with Gasteiger partial charge in [0.25, 0.3) is 5.91 Å². The largest absolute Gasteiger partial charge is 0.496 e. The van der Waals surface area contributed by atoms with E-state index in [0.29, 0.717) is 11.3 Å². The van der Waals surface area contributed by atoms with E-state index in [4.69, 9.17) is 9.72 Å². The molecule has 1 fully saturated rings. The summed E-state index contributed by atoms with van der Waals surface area (Å²) < 4.78 is 5.25. The lowest BCUT2D eigenvalue weighted by atomic mass is 10.1. The fraction of sp³-hybridized carbons (Fsp3) is 0.238. The van der Waals surface area contributed by atoms with Crippen LogP contribution in [-0.2, 0) is 0 Å². The monoisotopic (exact) mass is 379 g/mol. The van der Waals surface area contributed by atoms with Gasteiger partial charge in [-0.05, 0) is 37.1 Å². The van der Waals surface area contributed by atoms with Crippen LogP contribution in [-0.4, -0.2) is 31.1 Å². The predicted octanol–water partition coefficient (Wildman–Crippen LogP) is 4.67. The summed E-state index contributed by atoms with van der Waals surface area (Å²) in [6, 6.07) is 15.0. The zero-order valence-corrected chi connectivity index (χ0v) is 16.0. The van der Waals surface area contributed by atoms with Gasteiger partial charge in [-0.2, -0.15) is 0 Å². The lowest BCUT2D eigenvalue weighted by Crippen LogP contribution is -2.17. The van der Waals surface area contributed by atoms with E-state index in [0.717, 1.165) is 35.2 Å². The van der Waals surface area contributed by atoms with Crippen molar-refractivity contribution < 1.29 is 9.53 Å². The number of para-hydroxylation sites is 1. The molecule has 27 heavy (non-hydrogen) atoms. The van der Waals surface area contributed by atoms with Crippen LogP contribution in [0.1, 0.15) is 23.2 Å². The molecule has 0 aliphatic carbocycles. The molecular weight excluding hydrogens is 358 g/mol. The Morgan fingerprint density at radius 2 is 1.85 bits per heavy atom. The van der Waals surface area contributed by atoms with Crippen LogP contribution in [0.5, 0.6) is 5.75 Å². The molecule has 6 heteroatoms. The Kier molecular flexibility index (Phi) is 5.07. The minimum Gasteiger partial charge on any atom is -0.496 e. The number of hydrogen-bond acceptors (Lipinski definition) is 5. The molecule has 2 aromatic carbocycles. The Morgan fingerprint density at radius 3 is 2.59 bits per heavy atom. The summed E-state index contributed by atoms with van der Waals surface area (Å²) in [5.74, 6) is 0.369. The molecule has 0 bridgehead atoms. The van der Waals surface area contributed by atoms with E-state index in [1.54, 1.807) is 30.6 Å². The maximum absolute atomic E-state index is 12.5. The first-order chi connectivity index (χ1) is 13.2. The molecule has 0 saturated carbocycles. The summed E-state index contributed by atoms with van der Waals surface area (Å²) in [6.45, 7) is 2.20. The van der Waals surface area contributed by atoms with Crippen LogP contribution in [0.15, 0.2) is 53.9 Å². The molecule has 1 saturated heterocycles. The average molecular weight is 379 g/mol.